The van der Waals surface area contributed by atoms with Gasteiger partial charge in [-0.3, -0.25) is 0 Å². The molecule has 0 aliphatic rings. The molecule has 0 amide bonds. The Labute approximate surface area is 135 Å². The lowest BCUT2D eigenvalue weighted by atomic mass is 9.95. The van der Waals surface area contributed by atoms with Gasteiger partial charge in [-0.2, -0.15) is 0 Å². The van der Waals surface area contributed by atoms with E-state index in [1.54, 1.807) is 0 Å². The van der Waals surface area contributed by atoms with Crippen molar-refractivity contribution < 1.29 is 5.11 Å². The third kappa shape index (κ3) is 4.29. The minimum absolute atomic E-state index is 0.457. The summed E-state index contributed by atoms with van der Waals surface area (Å²) < 4.78 is 0.970. The van der Waals surface area contributed by atoms with Crippen LogP contribution in [0.15, 0.2) is 60.7 Å². The Balaban J connectivity index is 2.45. The lowest BCUT2D eigenvalue weighted by molar-refractivity contribution is 0.219. The van der Waals surface area contributed by atoms with Gasteiger partial charge in [-0.15, -0.1) is 0 Å². The number of hydrogen-bond donors (Lipinski definition) is 1. The zero-order valence-electron chi connectivity index (χ0n) is 12.3. The first-order valence-corrected chi connectivity index (χ1v) is 8.22. The Bertz CT molecular complexity index is 575. The molecule has 1 N–H and O–H groups in total. The van der Waals surface area contributed by atoms with Crippen molar-refractivity contribution in [3.05, 3.63) is 71.8 Å². The highest BCUT2D eigenvalue weighted by Crippen LogP contribution is 2.34. The average molecular weight is 345 g/mol. The maximum Gasteiger partial charge on any atom is 0.0807 e. The molecule has 0 fully saturated rings. The van der Waals surface area contributed by atoms with E-state index in [1.165, 1.54) is 0 Å². The molecule has 2 aromatic carbocycles. The van der Waals surface area contributed by atoms with Crippen molar-refractivity contribution in [3.63, 3.8) is 0 Å². The highest BCUT2D eigenvalue weighted by Gasteiger charge is 2.17. The summed E-state index contributed by atoms with van der Waals surface area (Å²) in [4.78, 5) is 0. The van der Waals surface area contributed by atoms with Crippen LogP contribution in [0.3, 0.4) is 0 Å². The van der Waals surface area contributed by atoms with Crippen molar-refractivity contribution in [1.82, 2.24) is 0 Å². The Morgan fingerprint density at radius 2 is 1.48 bits per heavy atom. The standard InChI is InChI=1S/C19H21BrO/c1-2-3-14-17(21)18(15-10-6-4-7-11-15)19(20)16-12-8-5-9-13-16/h4-13,17,21H,2-3,14H2,1H3/b19-18-. The molecule has 0 saturated carbocycles. The molecule has 0 aliphatic carbocycles. The van der Waals surface area contributed by atoms with Crippen molar-refractivity contribution in [2.75, 3.05) is 0 Å². The van der Waals surface area contributed by atoms with Crippen molar-refractivity contribution in [1.29, 1.82) is 0 Å². The molecule has 1 unspecified atom stereocenters. The Hall–Kier alpha value is -1.38. The van der Waals surface area contributed by atoms with E-state index < -0.39 is 6.10 Å². The normalized spacial score (nSPS) is 13.7. The molecule has 2 aromatic rings. The van der Waals surface area contributed by atoms with Gasteiger partial charge in [0.1, 0.15) is 0 Å². The summed E-state index contributed by atoms with van der Waals surface area (Å²) in [5.74, 6) is 0. The fourth-order valence-corrected chi connectivity index (χ4v) is 3.12. The molecule has 110 valence electrons. The number of unbranched alkanes of at least 4 members (excludes halogenated alkanes) is 1. The average Bonchev–Trinajstić information content (AvgIpc) is 2.55. The van der Waals surface area contributed by atoms with Crippen LogP contribution in [0.2, 0.25) is 0 Å². The highest BCUT2D eigenvalue weighted by molar-refractivity contribution is 9.15. The van der Waals surface area contributed by atoms with Gasteiger partial charge in [-0.1, -0.05) is 80.4 Å². The van der Waals surface area contributed by atoms with Gasteiger partial charge in [0.15, 0.2) is 0 Å². The van der Waals surface area contributed by atoms with Crippen LogP contribution in [0.4, 0.5) is 0 Å². The van der Waals surface area contributed by atoms with Gasteiger partial charge in [-0.25, -0.2) is 0 Å². The topological polar surface area (TPSA) is 20.2 Å². The summed E-state index contributed by atoms with van der Waals surface area (Å²) in [7, 11) is 0. The Kier molecular flexibility index (Phi) is 6.21. The van der Waals surface area contributed by atoms with E-state index in [2.05, 4.69) is 47.1 Å². The fourth-order valence-electron chi connectivity index (χ4n) is 2.36. The van der Waals surface area contributed by atoms with E-state index >= 15 is 0 Å². The third-order valence-corrected chi connectivity index (χ3v) is 4.40. The molecule has 0 spiro atoms. The number of aliphatic hydroxyl groups excluding tert-OH is 1. The lowest BCUT2D eigenvalue weighted by Gasteiger charge is -2.18. The second-order valence-electron chi connectivity index (χ2n) is 5.12. The molecule has 21 heavy (non-hydrogen) atoms. The smallest absolute Gasteiger partial charge is 0.0807 e. The Morgan fingerprint density at radius 1 is 0.952 bits per heavy atom. The van der Waals surface area contributed by atoms with E-state index in [4.69, 9.17) is 0 Å². The van der Waals surface area contributed by atoms with Gasteiger partial charge in [0, 0.05) is 10.1 Å². The van der Waals surface area contributed by atoms with Crippen LogP contribution in [-0.4, -0.2) is 11.2 Å². The van der Waals surface area contributed by atoms with Crippen LogP contribution in [0.25, 0.3) is 10.1 Å². The molecule has 0 heterocycles. The number of benzene rings is 2. The number of rotatable bonds is 6. The van der Waals surface area contributed by atoms with Crippen LogP contribution >= 0.6 is 15.9 Å². The van der Waals surface area contributed by atoms with Crippen molar-refractivity contribution in [2.24, 2.45) is 0 Å². The quantitative estimate of drug-likeness (QED) is 0.685. The second-order valence-corrected chi connectivity index (χ2v) is 5.91. The molecule has 0 radical (unpaired) electrons. The molecular weight excluding hydrogens is 324 g/mol. The Morgan fingerprint density at radius 3 is 2.00 bits per heavy atom. The molecule has 0 aromatic heterocycles. The van der Waals surface area contributed by atoms with E-state index in [-0.39, 0.29) is 0 Å². The second kappa shape index (κ2) is 8.16. The molecule has 1 atom stereocenters. The largest absolute Gasteiger partial charge is 0.388 e. The predicted octanol–water partition coefficient (Wildman–Crippen LogP) is 5.50. The van der Waals surface area contributed by atoms with E-state index in [1.807, 2.05) is 36.4 Å². The van der Waals surface area contributed by atoms with Crippen LogP contribution in [0.5, 0.6) is 0 Å². The van der Waals surface area contributed by atoms with Crippen molar-refractivity contribution in [2.45, 2.75) is 32.3 Å². The number of halogens is 1. The summed E-state index contributed by atoms with van der Waals surface area (Å²) in [6.45, 7) is 2.14. The summed E-state index contributed by atoms with van der Waals surface area (Å²) in [6.07, 6.45) is 2.43. The minimum atomic E-state index is -0.457. The summed E-state index contributed by atoms with van der Waals surface area (Å²) in [5, 5.41) is 10.6. The first kappa shape index (κ1) is 16.0. The molecule has 2 heteroatoms. The molecule has 0 aliphatic heterocycles. The maximum absolute atomic E-state index is 10.6. The summed E-state index contributed by atoms with van der Waals surface area (Å²) in [6, 6.07) is 20.2. The number of hydrogen-bond acceptors (Lipinski definition) is 1. The first-order chi connectivity index (χ1) is 10.2. The van der Waals surface area contributed by atoms with E-state index in [9.17, 15) is 5.11 Å². The van der Waals surface area contributed by atoms with Crippen LogP contribution in [-0.2, 0) is 0 Å². The zero-order valence-corrected chi connectivity index (χ0v) is 13.9. The first-order valence-electron chi connectivity index (χ1n) is 7.42. The summed E-state index contributed by atoms with van der Waals surface area (Å²) >= 11 is 3.70. The van der Waals surface area contributed by atoms with Gasteiger partial charge in [-0.05, 0) is 33.5 Å². The molecular formula is C19H21BrO. The lowest BCUT2D eigenvalue weighted by Crippen LogP contribution is -2.10. The van der Waals surface area contributed by atoms with Crippen LogP contribution in [0.1, 0.15) is 37.3 Å². The minimum Gasteiger partial charge on any atom is -0.388 e. The van der Waals surface area contributed by atoms with Gasteiger partial charge >= 0.3 is 0 Å². The highest BCUT2D eigenvalue weighted by atomic mass is 79.9. The van der Waals surface area contributed by atoms with Crippen molar-refractivity contribution in [3.8, 4) is 0 Å². The van der Waals surface area contributed by atoms with Gasteiger partial charge < -0.3 is 5.11 Å². The molecule has 2 rings (SSSR count). The molecule has 0 saturated heterocycles. The van der Waals surface area contributed by atoms with Gasteiger partial charge in [0.25, 0.3) is 0 Å². The van der Waals surface area contributed by atoms with E-state index in [0.717, 1.165) is 40.4 Å². The maximum atomic E-state index is 10.6. The van der Waals surface area contributed by atoms with Gasteiger partial charge in [0.2, 0.25) is 0 Å². The van der Waals surface area contributed by atoms with E-state index in [0.29, 0.717) is 0 Å². The molecule has 0 bridgehead atoms. The third-order valence-electron chi connectivity index (χ3n) is 3.51. The van der Waals surface area contributed by atoms with Crippen LogP contribution < -0.4 is 0 Å². The summed E-state index contributed by atoms with van der Waals surface area (Å²) in [5.41, 5.74) is 3.12. The van der Waals surface area contributed by atoms with Crippen LogP contribution in [0, 0.1) is 0 Å². The molecule has 1 nitrogen and oxygen atoms in total. The van der Waals surface area contributed by atoms with Gasteiger partial charge in [0.05, 0.1) is 6.10 Å². The predicted molar refractivity (Wildman–Crippen MR) is 94.2 cm³/mol. The van der Waals surface area contributed by atoms with Crippen molar-refractivity contribution >= 4 is 26.0 Å². The SMILES string of the molecule is CCCCC(O)/C(=C(\Br)c1ccccc1)c1ccccc1. The number of aliphatic hydroxyl groups is 1. The monoisotopic (exact) mass is 344 g/mol. The fraction of sp³-hybridized carbons (Fsp3) is 0.263. The zero-order chi connectivity index (χ0) is 15.1.